The van der Waals surface area contributed by atoms with Gasteiger partial charge in [0.2, 0.25) is 0 Å². The molecule has 19 heavy (non-hydrogen) atoms. The van der Waals surface area contributed by atoms with Crippen molar-refractivity contribution in [3.05, 3.63) is 29.8 Å². The Kier molecular flexibility index (Phi) is 5.23. The molecule has 0 unspecified atom stereocenters. The number of anilines is 1. The van der Waals surface area contributed by atoms with Gasteiger partial charge in [-0.05, 0) is 43.5 Å². The van der Waals surface area contributed by atoms with Crippen LogP contribution in [0.2, 0.25) is 0 Å². The van der Waals surface area contributed by atoms with Crippen LogP contribution in [0, 0.1) is 0 Å². The van der Waals surface area contributed by atoms with Crippen molar-refractivity contribution < 1.29 is 5.11 Å². The number of benzene rings is 1. The molecule has 106 valence electrons. The third-order valence-corrected chi connectivity index (χ3v) is 4.10. The zero-order chi connectivity index (χ0) is 13.7. The van der Waals surface area contributed by atoms with Gasteiger partial charge in [0.15, 0.2) is 0 Å². The highest BCUT2D eigenvalue weighted by atomic mass is 16.3. The first kappa shape index (κ1) is 14.4. The predicted molar refractivity (Wildman–Crippen MR) is 80.8 cm³/mol. The van der Waals surface area contributed by atoms with Crippen LogP contribution >= 0.6 is 0 Å². The predicted octanol–water partition coefficient (Wildman–Crippen LogP) is 2.14. The monoisotopic (exact) mass is 262 g/mol. The molecule has 0 saturated carbocycles. The summed E-state index contributed by atoms with van der Waals surface area (Å²) >= 11 is 0. The van der Waals surface area contributed by atoms with Crippen LogP contribution in [0.4, 0.5) is 5.69 Å². The lowest BCUT2D eigenvalue weighted by Crippen LogP contribution is -2.42. The Morgan fingerprint density at radius 1 is 1.21 bits per heavy atom. The Bertz CT molecular complexity index is 375. The Morgan fingerprint density at radius 2 is 1.95 bits per heavy atom. The highest BCUT2D eigenvalue weighted by Gasteiger charge is 2.20. The van der Waals surface area contributed by atoms with Crippen molar-refractivity contribution in [3.63, 3.8) is 0 Å². The second-order valence-corrected chi connectivity index (χ2v) is 5.68. The fourth-order valence-electron chi connectivity index (χ4n) is 2.79. The summed E-state index contributed by atoms with van der Waals surface area (Å²) in [6, 6.07) is 9.17. The summed E-state index contributed by atoms with van der Waals surface area (Å²) in [6.07, 6.45) is 4.76. The van der Waals surface area contributed by atoms with E-state index in [2.05, 4.69) is 48.2 Å². The summed E-state index contributed by atoms with van der Waals surface area (Å²) in [5, 5.41) is 9.41. The summed E-state index contributed by atoms with van der Waals surface area (Å²) in [4.78, 5) is 4.57. The summed E-state index contributed by atoms with van der Waals surface area (Å²) in [6.45, 7) is 2.51. The van der Waals surface area contributed by atoms with E-state index in [0.29, 0.717) is 12.6 Å². The molecule has 3 nitrogen and oxygen atoms in total. The normalized spacial score (nSPS) is 20.5. The molecule has 1 aromatic rings. The van der Waals surface area contributed by atoms with Crippen LogP contribution in [0.25, 0.3) is 0 Å². The molecule has 3 heteroatoms. The van der Waals surface area contributed by atoms with Gasteiger partial charge in [-0.1, -0.05) is 18.6 Å². The number of likely N-dealkylation sites (tertiary alicyclic amines) is 1. The molecule has 1 fully saturated rings. The Labute approximate surface area is 116 Å². The van der Waals surface area contributed by atoms with E-state index in [9.17, 15) is 5.11 Å². The lowest BCUT2D eigenvalue weighted by atomic mass is 10.0. The van der Waals surface area contributed by atoms with E-state index in [4.69, 9.17) is 0 Å². The van der Waals surface area contributed by atoms with Crippen molar-refractivity contribution in [2.75, 3.05) is 38.7 Å². The molecule has 1 aliphatic heterocycles. The van der Waals surface area contributed by atoms with Crippen LogP contribution in [-0.2, 0) is 6.42 Å². The van der Waals surface area contributed by atoms with Gasteiger partial charge in [-0.15, -0.1) is 0 Å². The van der Waals surface area contributed by atoms with Gasteiger partial charge < -0.3 is 10.0 Å². The number of rotatable bonds is 5. The highest BCUT2D eigenvalue weighted by Crippen LogP contribution is 2.18. The maximum Gasteiger partial charge on any atom is 0.0586 e. The first-order chi connectivity index (χ1) is 9.20. The Morgan fingerprint density at radius 3 is 2.58 bits per heavy atom. The maximum absolute atomic E-state index is 9.41. The van der Waals surface area contributed by atoms with Gasteiger partial charge in [0.25, 0.3) is 0 Å². The van der Waals surface area contributed by atoms with Crippen molar-refractivity contribution in [1.82, 2.24) is 4.90 Å². The highest BCUT2D eigenvalue weighted by molar-refractivity contribution is 5.46. The minimum atomic E-state index is 0.305. The molecule has 0 bridgehead atoms. The minimum absolute atomic E-state index is 0.305. The molecule has 0 spiro atoms. The topological polar surface area (TPSA) is 26.7 Å². The maximum atomic E-state index is 9.41. The fourth-order valence-corrected chi connectivity index (χ4v) is 2.79. The van der Waals surface area contributed by atoms with Gasteiger partial charge in [-0.3, -0.25) is 4.90 Å². The molecule has 0 amide bonds. The van der Waals surface area contributed by atoms with Crippen LogP contribution in [0.1, 0.15) is 24.8 Å². The molecule has 1 aromatic carbocycles. The van der Waals surface area contributed by atoms with Crippen molar-refractivity contribution in [2.45, 2.75) is 31.7 Å². The first-order valence-corrected chi connectivity index (χ1v) is 7.32. The van der Waals surface area contributed by atoms with Gasteiger partial charge in [0.1, 0.15) is 0 Å². The second-order valence-electron chi connectivity index (χ2n) is 5.68. The van der Waals surface area contributed by atoms with Crippen molar-refractivity contribution in [2.24, 2.45) is 0 Å². The molecular weight excluding hydrogens is 236 g/mol. The largest absolute Gasteiger partial charge is 0.395 e. The summed E-state index contributed by atoms with van der Waals surface area (Å²) in [7, 11) is 4.13. The standard InChI is InChI=1S/C16H26N2O/c1-17(2)15-8-6-14(7-9-15)10-12-18-11-4-3-5-16(18)13-19/h6-9,16,19H,3-5,10-13H2,1-2H3/t16-/m1/s1. The molecule has 1 saturated heterocycles. The number of piperidine rings is 1. The third kappa shape index (κ3) is 3.95. The van der Waals surface area contributed by atoms with Crippen LogP contribution in [0.3, 0.4) is 0 Å². The van der Waals surface area contributed by atoms with Crippen molar-refractivity contribution >= 4 is 5.69 Å². The van der Waals surface area contributed by atoms with Crippen molar-refractivity contribution in [3.8, 4) is 0 Å². The first-order valence-electron chi connectivity index (χ1n) is 7.32. The molecule has 0 radical (unpaired) electrons. The Hall–Kier alpha value is -1.06. The summed E-state index contributed by atoms with van der Waals surface area (Å²) in [5.74, 6) is 0. The van der Waals surface area contributed by atoms with E-state index in [-0.39, 0.29) is 0 Å². The van der Waals surface area contributed by atoms with Gasteiger partial charge in [0, 0.05) is 32.4 Å². The summed E-state index contributed by atoms with van der Waals surface area (Å²) < 4.78 is 0. The van der Waals surface area contributed by atoms with E-state index >= 15 is 0 Å². The van der Waals surface area contributed by atoms with E-state index in [0.717, 1.165) is 25.9 Å². The quantitative estimate of drug-likeness (QED) is 0.881. The smallest absolute Gasteiger partial charge is 0.0586 e. The van der Waals surface area contributed by atoms with Gasteiger partial charge in [-0.2, -0.15) is 0 Å². The van der Waals surface area contributed by atoms with Crippen LogP contribution in [0.5, 0.6) is 0 Å². The average molecular weight is 262 g/mol. The van der Waals surface area contributed by atoms with Crippen LogP contribution in [0.15, 0.2) is 24.3 Å². The van der Waals surface area contributed by atoms with E-state index in [1.54, 1.807) is 0 Å². The molecule has 1 heterocycles. The number of hydrogen-bond acceptors (Lipinski definition) is 3. The zero-order valence-corrected chi connectivity index (χ0v) is 12.2. The molecule has 0 aliphatic carbocycles. The fraction of sp³-hybridized carbons (Fsp3) is 0.625. The molecule has 2 rings (SSSR count). The minimum Gasteiger partial charge on any atom is -0.395 e. The zero-order valence-electron chi connectivity index (χ0n) is 12.2. The van der Waals surface area contributed by atoms with E-state index < -0.39 is 0 Å². The molecular formula is C16H26N2O. The van der Waals surface area contributed by atoms with Crippen LogP contribution in [-0.4, -0.2) is 49.8 Å². The second kappa shape index (κ2) is 6.92. The van der Waals surface area contributed by atoms with E-state index in [1.807, 2.05) is 0 Å². The van der Waals surface area contributed by atoms with E-state index in [1.165, 1.54) is 24.1 Å². The molecule has 0 aromatic heterocycles. The van der Waals surface area contributed by atoms with Crippen molar-refractivity contribution in [1.29, 1.82) is 0 Å². The number of nitrogens with zero attached hydrogens (tertiary/aromatic N) is 2. The Balaban J connectivity index is 1.87. The molecule has 1 N–H and O–H groups in total. The number of aliphatic hydroxyl groups excluding tert-OH is 1. The number of aliphatic hydroxyl groups is 1. The lowest BCUT2D eigenvalue weighted by molar-refractivity contribution is 0.0913. The number of hydrogen-bond donors (Lipinski definition) is 1. The molecule has 1 atom stereocenters. The average Bonchev–Trinajstić information content (AvgIpc) is 2.45. The molecule has 1 aliphatic rings. The lowest BCUT2D eigenvalue weighted by Gasteiger charge is -2.34. The SMILES string of the molecule is CN(C)c1ccc(CCN2CCCC[C@@H]2CO)cc1. The van der Waals surface area contributed by atoms with Gasteiger partial charge >= 0.3 is 0 Å². The third-order valence-electron chi connectivity index (χ3n) is 4.10. The van der Waals surface area contributed by atoms with Gasteiger partial charge in [0.05, 0.1) is 6.61 Å². The van der Waals surface area contributed by atoms with Gasteiger partial charge in [-0.25, -0.2) is 0 Å². The van der Waals surface area contributed by atoms with Crippen LogP contribution < -0.4 is 4.90 Å². The summed E-state index contributed by atoms with van der Waals surface area (Å²) in [5.41, 5.74) is 2.63.